The van der Waals surface area contributed by atoms with Gasteiger partial charge in [-0.3, -0.25) is 4.79 Å². The number of nitrogens with one attached hydrogen (secondary N) is 1. The van der Waals surface area contributed by atoms with E-state index in [1.807, 2.05) is 0 Å². The number of alkyl halides is 3. The van der Waals surface area contributed by atoms with E-state index in [9.17, 15) is 26.4 Å². The zero-order chi connectivity index (χ0) is 18.0. The first kappa shape index (κ1) is 18.3. The van der Waals surface area contributed by atoms with E-state index in [-0.39, 0.29) is 15.6 Å². The fourth-order valence-corrected chi connectivity index (χ4v) is 3.19. The third-order valence-corrected chi connectivity index (χ3v) is 4.95. The van der Waals surface area contributed by atoms with Gasteiger partial charge in [0.2, 0.25) is 5.91 Å². The lowest BCUT2D eigenvalue weighted by Gasteiger charge is -2.12. The molecule has 0 radical (unpaired) electrons. The van der Waals surface area contributed by atoms with Gasteiger partial charge >= 0.3 is 6.18 Å². The van der Waals surface area contributed by atoms with Crippen molar-refractivity contribution in [2.45, 2.75) is 11.1 Å². The van der Waals surface area contributed by atoms with Crippen LogP contribution in [-0.4, -0.2) is 20.1 Å². The Morgan fingerprint density at radius 1 is 1.08 bits per heavy atom. The maximum absolute atomic E-state index is 12.7. The second-order valence-electron chi connectivity index (χ2n) is 4.81. The van der Waals surface area contributed by atoms with Crippen LogP contribution in [0.15, 0.2) is 53.4 Å². The highest BCUT2D eigenvalue weighted by Gasteiger charge is 2.31. The van der Waals surface area contributed by atoms with E-state index in [1.165, 1.54) is 24.3 Å². The van der Waals surface area contributed by atoms with Gasteiger partial charge in [-0.25, -0.2) is 8.42 Å². The molecule has 0 aliphatic heterocycles. The smallest absolute Gasteiger partial charge is 0.324 e. The van der Waals surface area contributed by atoms with Crippen LogP contribution < -0.4 is 5.32 Å². The number of carbonyl (C=O) groups is 1. The monoisotopic (exact) mass is 377 g/mol. The fraction of sp³-hybridized carbons (Fsp3) is 0.133. The summed E-state index contributed by atoms with van der Waals surface area (Å²) in [6, 6.07) is 9.63. The zero-order valence-corrected chi connectivity index (χ0v) is 13.5. The van der Waals surface area contributed by atoms with Crippen LogP contribution in [0.1, 0.15) is 5.56 Å². The average molecular weight is 378 g/mol. The quantitative estimate of drug-likeness (QED) is 0.882. The highest BCUT2D eigenvalue weighted by atomic mass is 35.5. The van der Waals surface area contributed by atoms with Gasteiger partial charge < -0.3 is 5.32 Å². The summed E-state index contributed by atoms with van der Waals surface area (Å²) in [6.07, 6.45) is -4.61. The van der Waals surface area contributed by atoms with Gasteiger partial charge in [0, 0.05) is 0 Å². The molecule has 2 aromatic carbocycles. The maximum atomic E-state index is 12.7. The highest BCUT2D eigenvalue weighted by Crippen LogP contribution is 2.33. The standard InChI is InChI=1S/C15H11ClF3NO3S/c16-12-7-6-10(15(17,18)19)8-13(12)20-14(21)9-24(22,23)11-4-2-1-3-5-11/h1-8H,9H2,(H,20,21). The minimum Gasteiger partial charge on any atom is -0.324 e. The molecule has 9 heteroatoms. The Morgan fingerprint density at radius 3 is 2.29 bits per heavy atom. The number of anilines is 1. The molecule has 0 fully saturated rings. The SMILES string of the molecule is O=C(CS(=O)(=O)c1ccccc1)Nc1cc(C(F)(F)F)ccc1Cl. The Bertz CT molecular complexity index is 852. The molecule has 24 heavy (non-hydrogen) atoms. The van der Waals surface area contributed by atoms with E-state index in [4.69, 9.17) is 11.6 Å². The van der Waals surface area contributed by atoms with Crippen LogP contribution in [0.2, 0.25) is 5.02 Å². The average Bonchev–Trinajstić information content (AvgIpc) is 2.48. The van der Waals surface area contributed by atoms with Crippen LogP contribution in [0.25, 0.3) is 0 Å². The van der Waals surface area contributed by atoms with Gasteiger partial charge in [0.25, 0.3) is 0 Å². The zero-order valence-electron chi connectivity index (χ0n) is 12.0. The van der Waals surface area contributed by atoms with Crippen LogP contribution in [0.5, 0.6) is 0 Å². The van der Waals surface area contributed by atoms with E-state index in [0.29, 0.717) is 6.07 Å². The number of sulfone groups is 1. The molecule has 0 bridgehead atoms. The Balaban J connectivity index is 2.19. The summed E-state index contributed by atoms with van der Waals surface area (Å²) < 4.78 is 62.2. The van der Waals surface area contributed by atoms with Crippen LogP contribution in [0.4, 0.5) is 18.9 Å². The number of carbonyl (C=O) groups excluding carboxylic acids is 1. The van der Waals surface area contributed by atoms with E-state index in [1.54, 1.807) is 6.07 Å². The van der Waals surface area contributed by atoms with E-state index in [0.717, 1.165) is 12.1 Å². The highest BCUT2D eigenvalue weighted by molar-refractivity contribution is 7.92. The lowest BCUT2D eigenvalue weighted by molar-refractivity contribution is -0.137. The van der Waals surface area contributed by atoms with Crippen molar-refractivity contribution in [3.05, 3.63) is 59.1 Å². The van der Waals surface area contributed by atoms with Crippen LogP contribution in [-0.2, 0) is 20.8 Å². The van der Waals surface area contributed by atoms with E-state index >= 15 is 0 Å². The van der Waals surface area contributed by atoms with Gasteiger partial charge in [-0.15, -0.1) is 0 Å². The number of benzene rings is 2. The Kier molecular flexibility index (Phi) is 5.19. The van der Waals surface area contributed by atoms with Crippen LogP contribution in [0, 0.1) is 0 Å². The second-order valence-corrected chi connectivity index (χ2v) is 7.21. The second kappa shape index (κ2) is 6.82. The van der Waals surface area contributed by atoms with Gasteiger partial charge in [-0.05, 0) is 30.3 Å². The fourth-order valence-electron chi connectivity index (χ4n) is 1.87. The lowest BCUT2D eigenvalue weighted by atomic mass is 10.2. The number of hydrogen-bond acceptors (Lipinski definition) is 3. The summed E-state index contributed by atoms with van der Waals surface area (Å²) in [6.45, 7) is 0. The summed E-state index contributed by atoms with van der Waals surface area (Å²) in [5.41, 5.74) is -1.31. The van der Waals surface area contributed by atoms with Crippen molar-refractivity contribution in [1.29, 1.82) is 0 Å². The van der Waals surface area contributed by atoms with Crippen LogP contribution in [0.3, 0.4) is 0 Å². The molecule has 2 rings (SSSR count). The first-order valence-corrected chi connectivity index (χ1v) is 8.57. The van der Waals surface area contributed by atoms with Gasteiger partial charge in [0.1, 0.15) is 5.75 Å². The Hall–Kier alpha value is -2.06. The van der Waals surface area contributed by atoms with Crippen molar-refractivity contribution in [3.8, 4) is 0 Å². The molecular formula is C15H11ClF3NO3S. The van der Waals surface area contributed by atoms with Crippen molar-refractivity contribution >= 4 is 33.0 Å². The van der Waals surface area contributed by atoms with Crippen molar-refractivity contribution in [3.63, 3.8) is 0 Å². The molecule has 0 spiro atoms. The molecule has 4 nitrogen and oxygen atoms in total. The van der Waals surface area contributed by atoms with Gasteiger partial charge in [0.15, 0.2) is 9.84 Å². The molecule has 0 saturated carbocycles. The third-order valence-electron chi connectivity index (χ3n) is 2.99. The van der Waals surface area contributed by atoms with Gasteiger partial charge in [0.05, 0.1) is 21.2 Å². The first-order valence-electron chi connectivity index (χ1n) is 6.54. The third kappa shape index (κ3) is 4.48. The molecule has 0 unspecified atom stereocenters. The Labute approximate surface area is 141 Å². The molecule has 1 amide bonds. The molecule has 0 saturated heterocycles. The topological polar surface area (TPSA) is 63.2 Å². The molecule has 1 N–H and O–H groups in total. The largest absolute Gasteiger partial charge is 0.416 e. The normalized spacial score (nSPS) is 12.0. The molecule has 2 aromatic rings. The number of rotatable bonds is 4. The number of halogens is 4. The molecule has 0 aliphatic rings. The molecule has 0 aliphatic carbocycles. The minimum atomic E-state index is -4.61. The molecule has 0 heterocycles. The Morgan fingerprint density at radius 2 is 1.71 bits per heavy atom. The number of amides is 1. The van der Waals surface area contributed by atoms with Crippen molar-refractivity contribution in [2.24, 2.45) is 0 Å². The molecule has 0 aromatic heterocycles. The van der Waals surface area contributed by atoms with Crippen molar-refractivity contribution in [2.75, 3.05) is 11.1 Å². The molecule has 0 atom stereocenters. The predicted octanol–water partition coefficient (Wildman–Crippen LogP) is 3.77. The summed E-state index contributed by atoms with van der Waals surface area (Å²) in [5.74, 6) is -1.90. The number of hydrogen-bond donors (Lipinski definition) is 1. The van der Waals surface area contributed by atoms with Gasteiger partial charge in [-0.2, -0.15) is 13.2 Å². The molecule has 128 valence electrons. The summed E-state index contributed by atoms with van der Waals surface area (Å²) in [7, 11) is -3.91. The first-order chi connectivity index (χ1) is 11.1. The maximum Gasteiger partial charge on any atom is 0.416 e. The van der Waals surface area contributed by atoms with Gasteiger partial charge in [-0.1, -0.05) is 29.8 Å². The summed E-state index contributed by atoms with van der Waals surface area (Å²) in [5, 5.41) is 1.97. The molecular weight excluding hydrogens is 367 g/mol. The summed E-state index contributed by atoms with van der Waals surface area (Å²) in [4.78, 5) is 11.8. The lowest BCUT2D eigenvalue weighted by Crippen LogP contribution is -2.23. The van der Waals surface area contributed by atoms with Crippen molar-refractivity contribution < 1.29 is 26.4 Å². The van der Waals surface area contributed by atoms with Crippen LogP contribution >= 0.6 is 11.6 Å². The van der Waals surface area contributed by atoms with E-state index < -0.39 is 33.2 Å². The van der Waals surface area contributed by atoms with Crippen molar-refractivity contribution in [1.82, 2.24) is 0 Å². The minimum absolute atomic E-state index is 0.0599. The predicted molar refractivity (Wildman–Crippen MR) is 83.6 cm³/mol. The summed E-state index contributed by atoms with van der Waals surface area (Å²) >= 11 is 5.75. The van der Waals surface area contributed by atoms with E-state index in [2.05, 4.69) is 5.32 Å².